The first-order valence-corrected chi connectivity index (χ1v) is 9.66. The van der Waals surface area contributed by atoms with Crippen molar-refractivity contribution in [1.29, 1.82) is 0 Å². The molecule has 5 rings (SSSR count). The van der Waals surface area contributed by atoms with Crippen molar-refractivity contribution < 1.29 is 4.79 Å². The quantitative estimate of drug-likeness (QED) is 0.700. The number of alkyl halides is 1. The van der Waals surface area contributed by atoms with Crippen molar-refractivity contribution in [3.63, 3.8) is 0 Å². The Bertz CT molecular complexity index is 373. The minimum Gasteiger partial charge on any atom is -0.342 e. The summed E-state index contributed by atoms with van der Waals surface area (Å²) >= 11 is 3.61. The van der Waals surface area contributed by atoms with Crippen molar-refractivity contribution in [2.45, 2.75) is 51.4 Å². The summed E-state index contributed by atoms with van der Waals surface area (Å²) in [6.45, 7) is 2.02. The summed E-state index contributed by atoms with van der Waals surface area (Å²) in [6.07, 6.45) is 10.4. The number of rotatable bonds is 2. The molecule has 0 aromatic heterocycles. The smallest absolute Gasteiger partial charge is 0.228 e. The van der Waals surface area contributed by atoms with E-state index >= 15 is 0 Å². The molecule has 2 nitrogen and oxygen atoms in total. The predicted molar refractivity (Wildman–Crippen MR) is 83.7 cm³/mol. The minimum absolute atomic E-state index is 0.0724. The highest BCUT2D eigenvalue weighted by atomic mass is 79.9. The monoisotopic (exact) mass is 339 g/mol. The molecule has 112 valence electrons. The van der Waals surface area contributed by atoms with Crippen LogP contribution in [0.4, 0.5) is 0 Å². The Balaban J connectivity index is 1.53. The summed E-state index contributed by atoms with van der Waals surface area (Å²) in [5.41, 5.74) is 0.0724. The topological polar surface area (TPSA) is 20.3 Å². The van der Waals surface area contributed by atoms with Gasteiger partial charge in [0, 0.05) is 18.4 Å². The van der Waals surface area contributed by atoms with Gasteiger partial charge in [0.15, 0.2) is 0 Å². The second-order valence-corrected chi connectivity index (χ2v) is 8.76. The van der Waals surface area contributed by atoms with E-state index in [1.807, 2.05) is 0 Å². The molecule has 1 saturated heterocycles. The lowest BCUT2D eigenvalue weighted by Gasteiger charge is -2.57. The van der Waals surface area contributed by atoms with E-state index in [4.69, 9.17) is 0 Å². The van der Waals surface area contributed by atoms with Gasteiger partial charge in [0.25, 0.3) is 0 Å². The third-order valence-corrected chi connectivity index (χ3v) is 7.43. The fourth-order valence-electron chi connectivity index (χ4n) is 6.08. The highest BCUT2D eigenvalue weighted by Gasteiger charge is 2.55. The zero-order valence-corrected chi connectivity index (χ0v) is 13.9. The Morgan fingerprint density at radius 1 is 1.10 bits per heavy atom. The fraction of sp³-hybridized carbons (Fsp3) is 0.941. The number of nitrogens with zero attached hydrogens (tertiary/aromatic N) is 1. The SMILES string of the molecule is O=C(N1CCCC(CBr)C1)C12CC3CC(CC(C3)C1)C2. The molecule has 3 heteroatoms. The molecule has 5 fully saturated rings. The first-order valence-electron chi connectivity index (χ1n) is 8.54. The van der Waals surface area contributed by atoms with Crippen LogP contribution in [0.1, 0.15) is 51.4 Å². The van der Waals surface area contributed by atoms with Crippen LogP contribution in [-0.4, -0.2) is 29.2 Å². The van der Waals surface area contributed by atoms with Gasteiger partial charge in [-0.25, -0.2) is 0 Å². The number of carbonyl (C=O) groups is 1. The summed E-state index contributed by atoms with van der Waals surface area (Å²) in [5, 5.41) is 1.05. The molecule has 0 N–H and O–H groups in total. The molecule has 4 bridgehead atoms. The van der Waals surface area contributed by atoms with Crippen molar-refractivity contribution in [2.24, 2.45) is 29.1 Å². The molecular weight excluding hydrogens is 314 g/mol. The molecule has 0 radical (unpaired) electrons. The van der Waals surface area contributed by atoms with Crippen LogP contribution in [-0.2, 0) is 4.79 Å². The Morgan fingerprint density at radius 3 is 2.25 bits per heavy atom. The zero-order chi connectivity index (χ0) is 13.7. The molecule has 0 spiro atoms. The van der Waals surface area contributed by atoms with E-state index < -0.39 is 0 Å². The van der Waals surface area contributed by atoms with Crippen molar-refractivity contribution >= 4 is 21.8 Å². The molecule has 1 amide bonds. The lowest BCUT2D eigenvalue weighted by Crippen LogP contribution is -2.56. The van der Waals surface area contributed by atoms with Crippen molar-refractivity contribution in [3.05, 3.63) is 0 Å². The van der Waals surface area contributed by atoms with E-state index in [-0.39, 0.29) is 5.41 Å². The Hall–Kier alpha value is -0.0500. The molecule has 0 aromatic carbocycles. The molecule has 1 unspecified atom stereocenters. The third kappa shape index (κ3) is 2.15. The summed E-state index contributed by atoms with van der Waals surface area (Å²) < 4.78 is 0. The van der Waals surface area contributed by atoms with Crippen LogP contribution in [0.15, 0.2) is 0 Å². The average molecular weight is 340 g/mol. The Labute approximate surface area is 130 Å². The van der Waals surface area contributed by atoms with Gasteiger partial charge < -0.3 is 4.90 Å². The molecule has 4 aliphatic carbocycles. The highest BCUT2D eigenvalue weighted by molar-refractivity contribution is 9.09. The number of amides is 1. The van der Waals surface area contributed by atoms with Crippen LogP contribution < -0.4 is 0 Å². The number of piperidine rings is 1. The van der Waals surface area contributed by atoms with Crippen LogP contribution in [0.5, 0.6) is 0 Å². The third-order valence-electron chi connectivity index (χ3n) is 6.52. The fourth-order valence-corrected chi connectivity index (χ4v) is 6.61. The van der Waals surface area contributed by atoms with E-state index in [1.165, 1.54) is 51.4 Å². The highest BCUT2D eigenvalue weighted by Crippen LogP contribution is 2.60. The van der Waals surface area contributed by atoms with Gasteiger partial charge in [-0.3, -0.25) is 4.79 Å². The second kappa shape index (κ2) is 5.00. The minimum atomic E-state index is 0.0724. The number of likely N-dealkylation sites (tertiary alicyclic amines) is 1. The normalized spacial score (nSPS) is 46.8. The number of hydrogen-bond acceptors (Lipinski definition) is 1. The molecule has 1 heterocycles. The number of hydrogen-bond donors (Lipinski definition) is 0. The van der Waals surface area contributed by atoms with Gasteiger partial charge in [-0.15, -0.1) is 0 Å². The van der Waals surface area contributed by atoms with E-state index in [2.05, 4.69) is 20.8 Å². The number of halogens is 1. The Morgan fingerprint density at radius 2 is 1.70 bits per heavy atom. The zero-order valence-electron chi connectivity index (χ0n) is 12.3. The van der Waals surface area contributed by atoms with E-state index in [1.54, 1.807) is 0 Å². The van der Waals surface area contributed by atoms with Crippen LogP contribution in [0.25, 0.3) is 0 Å². The Kier molecular flexibility index (Phi) is 3.40. The number of carbonyl (C=O) groups excluding carboxylic acids is 1. The largest absolute Gasteiger partial charge is 0.342 e. The van der Waals surface area contributed by atoms with Crippen molar-refractivity contribution in [1.82, 2.24) is 4.90 Å². The maximum atomic E-state index is 13.2. The van der Waals surface area contributed by atoms with Crippen LogP contribution in [0.3, 0.4) is 0 Å². The predicted octanol–water partition coefficient (Wildman–Crippen LogP) is 3.84. The lowest BCUT2D eigenvalue weighted by atomic mass is 9.49. The van der Waals surface area contributed by atoms with E-state index in [0.717, 1.165) is 36.2 Å². The van der Waals surface area contributed by atoms with Gasteiger partial charge in [0.05, 0.1) is 5.41 Å². The van der Waals surface area contributed by atoms with Crippen molar-refractivity contribution in [2.75, 3.05) is 18.4 Å². The maximum absolute atomic E-state index is 13.2. The van der Waals surface area contributed by atoms with E-state index in [0.29, 0.717) is 11.8 Å². The molecule has 0 aromatic rings. The van der Waals surface area contributed by atoms with Crippen LogP contribution in [0.2, 0.25) is 0 Å². The van der Waals surface area contributed by atoms with Gasteiger partial charge in [-0.2, -0.15) is 0 Å². The van der Waals surface area contributed by atoms with Gasteiger partial charge in [-0.1, -0.05) is 15.9 Å². The van der Waals surface area contributed by atoms with Crippen LogP contribution in [0, 0.1) is 29.1 Å². The second-order valence-electron chi connectivity index (χ2n) is 8.11. The van der Waals surface area contributed by atoms with Gasteiger partial charge in [0.1, 0.15) is 0 Å². The summed E-state index contributed by atoms with van der Waals surface area (Å²) in [7, 11) is 0. The molecule has 5 aliphatic rings. The molecule has 4 saturated carbocycles. The van der Waals surface area contributed by atoms with Crippen molar-refractivity contribution in [3.8, 4) is 0 Å². The average Bonchev–Trinajstić information content (AvgIpc) is 2.45. The maximum Gasteiger partial charge on any atom is 0.228 e. The van der Waals surface area contributed by atoms with Crippen LogP contribution >= 0.6 is 15.9 Å². The summed E-state index contributed by atoms with van der Waals surface area (Å²) in [5.74, 6) is 3.86. The van der Waals surface area contributed by atoms with Gasteiger partial charge in [0.2, 0.25) is 5.91 Å². The molecular formula is C17H26BrNO. The lowest BCUT2D eigenvalue weighted by molar-refractivity contribution is -0.159. The van der Waals surface area contributed by atoms with E-state index in [9.17, 15) is 4.79 Å². The summed E-state index contributed by atoms with van der Waals surface area (Å²) in [4.78, 5) is 15.5. The first-order chi connectivity index (χ1) is 9.68. The molecule has 1 aliphatic heterocycles. The summed E-state index contributed by atoms with van der Waals surface area (Å²) in [6, 6.07) is 0. The van der Waals surface area contributed by atoms with Gasteiger partial charge in [-0.05, 0) is 75.0 Å². The molecule has 1 atom stereocenters. The standard InChI is InChI=1S/C17H26BrNO/c18-10-12-2-1-3-19(11-12)16(20)17-7-13-4-14(8-17)6-15(5-13)9-17/h12-15H,1-11H2. The first kappa shape index (κ1) is 13.6. The molecule has 20 heavy (non-hydrogen) atoms. The van der Waals surface area contributed by atoms with Gasteiger partial charge >= 0.3 is 0 Å².